The van der Waals surface area contributed by atoms with E-state index in [2.05, 4.69) is 20.7 Å². The molecule has 0 saturated carbocycles. The third-order valence-corrected chi connectivity index (χ3v) is 1.90. The molecule has 0 aromatic rings. The molecule has 13 heavy (non-hydrogen) atoms. The van der Waals surface area contributed by atoms with Crippen molar-refractivity contribution in [1.29, 1.82) is 0 Å². The van der Waals surface area contributed by atoms with Gasteiger partial charge in [-0.15, -0.1) is 11.6 Å². The van der Waals surface area contributed by atoms with Gasteiger partial charge in [-0.2, -0.15) is 0 Å². The van der Waals surface area contributed by atoms with Gasteiger partial charge in [0.25, 0.3) is 0 Å². The predicted octanol–water partition coefficient (Wildman–Crippen LogP) is 0.973. The summed E-state index contributed by atoms with van der Waals surface area (Å²) in [6.45, 7) is 0. The molecule has 0 bridgehead atoms. The maximum atomic E-state index is 11.0. The topological polar surface area (TPSA) is 52.6 Å². The molecule has 1 heterocycles. The van der Waals surface area contributed by atoms with E-state index in [-0.39, 0.29) is 22.9 Å². The minimum Gasteiger partial charge on any atom is -0.473 e. The van der Waals surface area contributed by atoms with Crippen molar-refractivity contribution in [2.45, 2.75) is 6.10 Å². The Morgan fingerprint density at radius 1 is 1.77 bits per heavy atom. The zero-order valence-corrected chi connectivity index (χ0v) is 8.80. The van der Waals surface area contributed by atoms with Crippen molar-refractivity contribution in [3.63, 3.8) is 0 Å². The lowest BCUT2D eigenvalue weighted by atomic mass is 10.3. The summed E-state index contributed by atoms with van der Waals surface area (Å²) in [5.41, 5.74) is 0.0618. The first kappa shape index (κ1) is 10.5. The molecule has 0 saturated heterocycles. The molecule has 1 unspecified atom stereocenters. The zero-order valence-electron chi connectivity index (χ0n) is 6.46. The lowest BCUT2D eigenvalue weighted by Gasteiger charge is -2.06. The van der Waals surface area contributed by atoms with Gasteiger partial charge < -0.3 is 9.47 Å². The van der Waals surface area contributed by atoms with Crippen LogP contribution in [0.25, 0.3) is 0 Å². The van der Waals surface area contributed by atoms with Crippen LogP contribution in [0.5, 0.6) is 0 Å². The van der Waals surface area contributed by atoms with Crippen molar-refractivity contribution in [2.24, 2.45) is 0 Å². The Morgan fingerprint density at radius 3 is 2.92 bits per heavy atom. The number of esters is 1. The molecule has 4 nitrogen and oxygen atoms in total. The van der Waals surface area contributed by atoms with E-state index in [1.807, 2.05) is 0 Å². The maximum absolute atomic E-state index is 11.0. The molecule has 0 spiro atoms. The number of alkyl halides is 2. The Hall–Kier alpha value is -0.550. The van der Waals surface area contributed by atoms with Gasteiger partial charge in [-0.05, 0) is 15.9 Å². The Kier molecular flexibility index (Phi) is 3.74. The number of hydrogen-bond donors (Lipinski definition) is 0. The second-order valence-corrected chi connectivity index (χ2v) is 2.98. The molecule has 0 radical (unpaired) electrons. The molecular weight excluding hydrogens is 263 g/mol. The minimum absolute atomic E-state index is 0.0282. The first-order valence-corrected chi connectivity index (χ1v) is 5.06. The van der Waals surface area contributed by atoms with Crippen LogP contribution in [0.3, 0.4) is 0 Å². The predicted molar refractivity (Wildman–Crippen MR) is 48.6 cm³/mol. The van der Waals surface area contributed by atoms with Gasteiger partial charge in [0.05, 0.1) is 5.88 Å². The van der Waals surface area contributed by atoms with Gasteiger partial charge in [-0.3, -0.25) is 4.79 Å². The van der Waals surface area contributed by atoms with Crippen molar-refractivity contribution >= 4 is 39.3 Å². The van der Waals surface area contributed by atoms with E-state index in [1.165, 1.54) is 0 Å². The van der Waals surface area contributed by atoms with E-state index in [0.29, 0.717) is 0 Å². The van der Waals surface area contributed by atoms with Crippen molar-refractivity contribution in [2.75, 3.05) is 11.4 Å². The van der Waals surface area contributed by atoms with Crippen LogP contribution in [0.1, 0.15) is 0 Å². The van der Waals surface area contributed by atoms with Crippen LogP contribution in [0.15, 0.2) is 11.8 Å². The van der Waals surface area contributed by atoms with Crippen LogP contribution >= 0.6 is 27.5 Å². The Bertz CT molecular complexity index is 263. The summed E-state index contributed by atoms with van der Waals surface area (Å²) in [4.78, 5) is 22.0. The van der Waals surface area contributed by atoms with Gasteiger partial charge >= 0.3 is 5.97 Å². The number of carbonyl (C=O) groups is 2. The highest BCUT2D eigenvalue weighted by atomic mass is 79.9. The third kappa shape index (κ3) is 2.45. The smallest absolute Gasteiger partial charge is 0.374 e. The van der Waals surface area contributed by atoms with Gasteiger partial charge in [0.15, 0.2) is 6.10 Å². The lowest BCUT2D eigenvalue weighted by Crippen LogP contribution is -2.19. The van der Waals surface area contributed by atoms with Gasteiger partial charge in [-0.1, -0.05) is 0 Å². The molecule has 0 aromatic heterocycles. The fraction of sp³-hybridized carbons (Fsp3) is 0.429. The molecule has 0 aliphatic carbocycles. The van der Waals surface area contributed by atoms with Gasteiger partial charge in [0.1, 0.15) is 5.52 Å². The van der Waals surface area contributed by atoms with Crippen LogP contribution in [0, 0.1) is 0 Å². The number of rotatable bonds is 3. The molecule has 0 aromatic carbocycles. The first-order valence-electron chi connectivity index (χ1n) is 3.40. The highest BCUT2D eigenvalue weighted by Gasteiger charge is 2.30. The fourth-order valence-corrected chi connectivity index (χ4v) is 1.23. The SMILES string of the molecule is O=C(OCBr)C1=CC(=O)C(CCl)O1. The lowest BCUT2D eigenvalue weighted by molar-refractivity contribution is -0.141. The molecule has 72 valence electrons. The summed E-state index contributed by atoms with van der Waals surface area (Å²) >= 11 is 8.32. The molecule has 0 amide bonds. The standard InChI is InChI=1S/C7H6BrClO4/c8-3-12-7(11)5-1-4(10)6(2-9)13-5/h1,6H,2-3H2. The molecule has 1 atom stereocenters. The largest absolute Gasteiger partial charge is 0.473 e. The van der Waals surface area contributed by atoms with Crippen LogP contribution in [0.2, 0.25) is 0 Å². The quantitative estimate of drug-likeness (QED) is 0.566. The van der Waals surface area contributed by atoms with Crippen molar-refractivity contribution in [3.8, 4) is 0 Å². The molecule has 6 heteroatoms. The van der Waals surface area contributed by atoms with E-state index < -0.39 is 12.1 Å². The average Bonchev–Trinajstić information content (AvgIpc) is 2.47. The number of ketones is 1. The van der Waals surface area contributed by atoms with Gasteiger partial charge in [0.2, 0.25) is 11.5 Å². The summed E-state index contributed by atoms with van der Waals surface area (Å²) in [7, 11) is 0. The van der Waals surface area contributed by atoms with E-state index in [9.17, 15) is 9.59 Å². The second-order valence-electron chi connectivity index (χ2n) is 2.21. The zero-order chi connectivity index (χ0) is 9.84. The van der Waals surface area contributed by atoms with E-state index in [0.717, 1.165) is 6.08 Å². The fourth-order valence-electron chi connectivity index (χ4n) is 0.803. The Balaban J connectivity index is 2.60. The van der Waals surface area contributed by atoms with Gasteiger partial charge in [0, 0.05) is 6.08 Å². The summed E-state index contributed by atoms with van der Waals surface area (Å²) in [5, 5.41) is 0. The maximum Gasteiger partial charge on any atom is 0.374 e. The summed E-state index contributed by atoms with van der Waals surface area (Å²) in [6, 6.07) is 0. The second kappa shape index (κ2) is 4.62. The first-order chi connectivity index (χ1) is 6.19. The Labute approximate surface area is 88.0 Å². The molecule has 0 N–H and O–H groups in total. The molecular formula is C7H6BrClO4. The monoisotopic (exact) mass is 268 g/mol. The molecule has 1 rings (SSSR count). The van der Waals surface area contributed by atoms with Gasteiger partial charge in [-0.25, -0.2) is 4.79 Å². The van der Waals surface area contributed by atoms with Crippen LogP contribution in [0.4, 0.5) is 0 Å². The molecule has 1 aliphatic rings. The highest BCUT2D eigenvalue weighted by Crippen LogP contribution is 2.16. The van der Waals surface area contributed by atoms with E-state index >= 15 is 0 Å². The van der Waals surface area contributed by atoms with E-state index in [4.69, 9.17) is 16.3 Å². The number of hydrogen-bond acceptors (Lipinski definition) is 4. The number of halogens is 2. The average molecular weight is 269 g/mol. The van der Waals surface area contributed by atoms with Crippen LogP contribution in [-0.2, 0) is 19.1 Å². The Morgan fingerprint density at radius 2 is 2.46 bits per heavy atom. The van der Waals surface area contributed by atoms with Crippen molar-refractivity contribution in [1.82, 2.24) is 0 Å². The van der Waals surface area contributed by atoms with Crippen molar-refractivity contribution < 1.29 is 19.1 Å². The van der Waals surface area contributed by atoms with E-state index in [1.54, 1.807) is 0 Å². The normalized spacial score (nSPS) is 20.9. The molecule has 0 fully saturated rings. The summed E-state index contributed by atoms with van der Waals surface area (Å²) < 4.78 is 9.48. The van der Waals surface area contributed by atoms with Crippen molar-refractivity contribution in [3.05, 3.63) is 11.8 Å². The molecule has 1 aliphatic heterocycles. The summed E-state index contributed by atoms with van der Waals surface area (Å²) in [6.07, 6.45) is 0.345. The number of ether oxygens (including phenoxy) is 2. The third-order valence-electron chi connectivity index (χ3n) is 1.39. The minimum atomic E-state index is -0.750. The van der Waals surface area contributed by atoms with Crippen LogP contribution < -0.4 is 0 Å². The highest BCUT2D eigenvalue weighted by molar-refractivity contribution is 9.09. The number of carbonyl (C=O) groups excluding carboxylic acids is 2. The van der Waals surface area contributed by atoms with Crippen LogP contribution in [-0.4, -0.2) is 29.3 Å². The summed E-state index contributed by atoms with van der Waals surface area (Å²) in [5.74, 6) is -1.04.